The van der Waals surface area contributed by atoms with Gasteiger partial charge in [-0.2, -0.15) is 4.98 Å². The molecule has 0 saturated heterocycles. The molecule has 0 amide bonds. The highest BCUT2D eigenvalue weighted by molar-refractivity contribution is 5.25. The lowest BCUT2D eigenvalue weighted by molar-refractivity contribution is 0.0990. The molecule has 1 rings (SSSR count). The van der Waals surface area contributed by atoms with E-state index in [9.17, 15) is 0 Å². The molecular weight excluding hydrogens is 194 g/mol. The highest BCUT2D eigenvalue weighted by Crippen LogP contribution is 2.07. The van der Waals surface area contributed by atoms with Crippen molar-refractivity contribution < 1.29 is 9.47 Å². The predicted molar refractivity (Wildman–Crippen MR) is 58.2 cm³/mol. The highest BCUT2D eigenvalue weighted by Gasteiger charge is 1.97. The van der Waals surface area contributed by atoms with Crippen molar-refractivity contribution in [2.75, 3.05) is 32.2 Å². The van der Waals surface area contributed by atoms with Gasteiger partial charge in [0, 0.05) is 25.9 Å². The summed E-state index contributed by atoms with van der Waals surface area (Å²) in [6.45, 7) is 3.95. The Hall–Kier alpha value is -1.36. The van der Waals surface area contributed by atoms with Gasteiger partial charge in [0.05, 0.1) is 6.61 Å². The summed E-state index contributed by atoms with van der Waals surface area (Å²) in [5, 5.41) is 2.84. The van der Waals surface area contributed by atoms with E-state index in [1.165, 1.54) is 0 Å². The molecule has 1 heterocycles. The minimum absolute atomic E-state index is 0.514. The van der Waals surface area contributed by atoms with Crippen molar-refractivity contribution in [2.24, 2.45) is 0 Å². The van der Waals surface area contributed by atoms with Gasteiger partial charge in [-0.1, -0.05) is 6.92 Å². The van der Waals surface area contributed by atoms with E-state index in [1.807, 2.05) is 0 Å². The Morgan fingerprint density at radius 3 is 2.93 bits per heavy atom. The fourth-order valence-corrected chi connectivity index (χ4v) is 0.995. The molecule has 0 aliphatic rings. The fraction of sp³-hybridized carbons (Fsp3) is 0.600. The van der Waals surface area contributed by atoms with E-state index in [1.54, 1.807) is 19.3 Å². The molecule has 0 spiro atoms. The van der Waals surface area contributed by atoms with Crippen LogP contribution < -0.4 is 10.1 Å². The maximum absolute atomic E-state index is 5.38. The van der Waals surface area contributed by atoms with Crippen LogP contribution in [0, 0.1) is 0 Å². The van der Waals surface area contributed by atoms with E-state index >= 15 is 0 Å². The van der Waals surface area contributed by atoms with Crippen molar-refractivity contribution in [1.82, 2.24) is 9.97 Å². The van der Waals surface area contributed by atoms with Crippen molar-refractivity contribution >= 4 is 5.95 Å². The average molecular weight is 211 g/mol. The molecule has 0 aliphatic heterocycles. The molecule has 0 saturated carbocycles. The van der Waals surface area contributed by atoms with E-state index in [-0.39, 0.29) is 0 Å². The maximum Gasteiger partial charge on any atom is 0.225 e. The van der Waals surface area contributed by atoms with Gasteiger partial charge >= 0.3 is 0 Å². The summed E-state index contributed by atoms with van der Waals surface area (Å²) in [4.78, 5) is 8.09. The second kappa shape index (κ2) is 7.00. The number of rotatable bonds is 7. The van der Waals surface area contributed by atoms with Crippen molar-refractivity contribution in [3.8, 4) is 5.88 Å². The zero-order chi connectivity index (χ0) is 10.9. The van der Waals surface area contributed by atoms with Crippen LogP contribution in [0.25, 0.3) is 0 Å². The van der Waals surface area contributed by atoms with Gasteiger partial charge in [0.15, 0.2) is 0 Å². The van der Waals surface area contributed by atoms with E-state index in [0.717, 1.165) is 13.0 Å². The van der Waals surface area contributed by atoms with E-state index < -0.39 is 0 Å². The number of ether oxygens (including phenoxy) is 2. The molecule has 1 N–H and O–H groups in total. The molecule has 1 aromatic heterocycles. The second-order valence-corrected chi connectivity index (χ2v) is 2.93. The molecule has 5 nitrogen and oxygen atoms in total. The van der Waals surface area contributed by atoms with Crippen molar-refractivity contribution in [3.05, 3.63) is 12.3 Å². The quantitative estimate of drug-likeness (QED) is 0.689. The first-order valence-electron chi connectivity index (χ1n) is 5.08. The minimum atomic E-state index is 0.514. The third-order valence-corrected chi connectivity index (χ3v) is 1.68. The molecule has 5 heteroatoms. The van der Waals surface area contributed by atoms with Gasteiger partial charge in [-0.05, 0) is 6.42 Å². The van der Waals surface area contributed by atoms with Gasteiger partial charge in [-0.3, -0.25) is 0 Å². The first-order chi connectivity index (χ1) is 7.36. The Morgan fingerprint density at radius 1 is 1.33 bits per heavy atom. The van der Waals surface area contributed by atoms with Crippen LogP contribution in [0.15, 0.2) is 12.3 Å². The molecule has 0 atom stereocenters. The van der Waals surface area contributed by atoms with Crippen molar-refractivity contribution in [3.63, 3.8) is 0 Å². The standard InChI is InChI=1S/C10H17N3O2/c1-3-6-14-7-8-15-9-4-5-12-10(11-2)13-9/h4-5H,3,6-8H2,1-2H3,(H,11,12,13). The third kappa shape index (κ3) is 4.60. The molecule has 0 unspecified atom stereocenters. The molecule has 15 heavy (non-hydrogen) atoms. The Morgan fingerprint density at radius 2 is 2.20 bits per heavy atom. The van der Waals surface area contributed by atoms with Crippen molar-refractivity contribution in [2.45, 2.75) is 13.3 Å². The Labute approximate surface area is 89.8 Å². The zero-order valence-corrected chi connectivity index (χ0v) is 9.19. The Balaban J connectivity index is 2.24. The number of nitrogens with zero attached hydrogens (tertiary/aromatic N) is 2. The van der Waals surface area contributed by atoms with Gasteiger partial charge in [-0.25, -0.2) is 4.98 Å². The number of nitrogens with one attached hydrogen (secondary N) is 1. The van der Waals surface area contributed by atoms with Crippen LogP contribution in [0.5, 0.6) is 5.88 Å². The lowest BCUT2D eigenvalue weighted by Gasteiger charge is -2.06. The first-order valence-corrected chi connectivity index (χ1v) is 5.08. The SMILES string of the molecule is CCCOCCOc1ccnc(NC)n1. The van der Waals surface area contributed by atoms with Crippen LogP contribution in [0.3, 0.4) is 0 Å². The van der Waals surface area contributed by atoms with E-state index in [0.29, 0.717) is 25.0 Å². The average Bonchev–Trinajstić information content (AvgIpc) is 2.29. The molecule has 84 valence electrons. The molecule has 0 aromatic carbocycles. The highest BCUT2D eigenvalue weighted by atomic mass is 16.5. The Bertz CT molecular complexity index is 281. The summed E-state index contributed by atoms with van der Waals surface area (Å²) in [6, 6.07) is 1.72. The normalized spacial score (nSPS) is 10.0. The summed E-state index contributed by atoms with van der Waals surface area (Å²) in [6.07, 6.45) is 2.68. The largest absolute Gasteiger partial charge is 0.475 e. The van der Waals surface area contributed by atoms with Gasteiger partial charge < -0.3 is 14.8 Å². The fourth-order valence-electron chi connectivity index (χ4n) is 0.995. The summed E-state index contributed by atoms with van der Waals surface area (Å²) < 4.78 is 10.7. The summed E-state index contributed by atoms with van der Waals surface area (Å²) in [5.41, 5.74) is 0. The molecule has 0 radical (unpaired) electrons. The van der Waals surface area contributed by atoms with Crippen LogP contribution in [0.4, 0.5) is 5.95 Å². The van der Waals surface area contributed by atoms with Crippen LogP contribution in [0.2, 0.25) is 0 Å². The number of aromatic nitrogens is 2. The summed E-state index contributed by atoms with van der Waals surface area (Å²) in [5.74, 6) is 1.12. The van der Waals surface area contributed by atoms with Gasteiger partial charge in [0.1, 0.15) is 6.61 Å². The third-order valence-electron chi connectivity index (χ3n) is 1.68. The monoisotopic (exact) mass is 211 g/mol. The lowest BCUT2D eigenvalue weighted by Crippen LogP contribution is -2.08. The van der Waals surface area contributed by atoms with Crippen LogP contribution >= 0.6 is 0 Å². The minimum Gasteiger partial charge on any atom is -0.475 e. The first kappa shape index (κ1) is 11.7. The molecule has 1 aromatic rings. The number of hydrogen-bond donors (Lipinski definition) is 1. The van der Waals surface area contributed by atoms with E-state index in [4.69, 9.17) is 9.47 Å². The van der Waals surface area contributed by atoms with Crippen molar-refractivity contribution in [1.29, 1.82) is 0 Å². The van der Waals surface area contributed by atoms with Gasteiger partial charge in [0.2, 0.25) is 11.8 Å². The smallest absolute Gasteiger partial charge is 0.225 e. The van der Waals surface area contributed by atoms with Crippen LogP contribution in [0.1, 0.15) is 13.3 Å². The maximum atomic E-state index is 5.38. The molecule has 0 bridgehead atoms. The molecule has 0 fully saturated rings. The Kier molecular flexibility index (Phi) is 5.47. The van der Waals surface area contributed by atoms with Gasteiger partial charge in [0.25, 0.3) is 0 Å². The summed E-state index contributed by atoms with van der Waals surface area (Å²) in [7, 11) is 1.77. The second-order valence-electron chi connectivity index (χ2n) is 2.93. The number of hydrogen-bond acceptors (Lipinski definition) is 5. The van der Waals surface area contributed by atoms with E-state index in [2.05, 4.69) is 22.2 Å². The molecular formula is C10H17N3O2. The zero-order valence-electron chi connectivity index (χ0n) is 9.19. The summed E-state index contributed by atoms with van der Waals surface area (Å²) >= 11 is 0. The predicted octanol–water partition coefficient (Wildman–Crippen LogP) is 1.32. The topological polar surface area (TPSA) is 56.3 Å². The lowest BCUT2D eigenvalue weighted by atomic mass is 10.5. The number of anilines is 1. The van der Waals surface area contributed by atoms with Crippen LogP contribution in [-0.4, -0.2) is 36.8 Å². The molecule has 0 aliphatic carbocycles. The van der Waals surface area contributed by atoms with Crippen LogP contribution in [-0.2, 0) is 4.74 Å². The van der Waals surface area contributed by atoms with Gasteiger partial charge in [-0.15, -0.1) is 0 Å².